The van der Waals surface area contributed by atoms with E-state index < -0.39 is 5.41 Å². The van der Waals surface area contributed by atoms with E-state index in [1.54, 1.807) is 39.0 Å². The van der Waals surface area contributed by atoms with Crippen LogP contribution in [0.2, 0.25) is 0 Å². The molecule has 0 radical (unpaired) electrons. The molecule has 0 saturated heterocycles. The molecular formula is C12H14BrNO2. The summed E-state index contributed by atoms with van der Waals surface area (Å²) in [6.07, 6.45) is 0. The second kappa shape index (κ2) is 4.78. The second-order valence-electron chi connectivity index (χ2n) is 4.51. The van der Waals surface area contributed by atoms with E-state index in [9.17, 15) is 9.59 Å². The largest absolute Gasteiger partial charge is 0.292 e. The van der Waals surface area contributed by atoms with Crippen molar-refractivity contribution in [2.75, 3.05) is 0 Å². The Morgan fingerprint density at radius 3 is 2.25 bits per heavy atom. The lowest BCUT2D eigenvalue weighted by Gasteiger charge is -2.16. The van der Waals surface area contributed by atoms with Crippen molar-refractivity contribution in [3.63, 3.8) is 0 Å². The van der Waals surface area contributed by atoms with Crippen LogP contribution in [0.4, 0.5) is 0 Å². The number of nitrogens with one attached hydrogen (secondary N) is 1. The normalized spacial score (nSPS) is 11.0. The number of benzene rings is 1. The number of hydrogen-bond acceptors (Lipinski definition) is 2. The molecule has 2 amide bonds. The Bertz CT molecular complexity index is 421. The first kappa shape index (κ1) is 12.9. The first-order valence-electron chi connectivity index (χ1n) is 4.92. The molecule has 0 aliphatic heterocycles. The molecule has 0 fully saturated rings. The van der Waals surface area contributed by atoms with Gasteiger partial charge in [0.15, 0.2) is 0 Å². The Morgan fingerprint density at radius 1 is 1.19 bits per heavy atom. The van der Waals surface area contributed by atoms with Gasteiger partial charge in [0.1, 0.15) is 0 Å². The van der Waals surface area contributed by atoms with Gasteiger partial charge in [-0.1, -0.05) is 32.9 Å². The molecule has 0 aliphatic carbocycles. The fraction of sp³-hybridized carbons (Fsp3) is 0.333. The number of carbonyl (C=O) groups is 2. The predicted molar refractivity (Wildman–Crippen MR) is 66.1 cm³/mol. The molecule has 0 spiro atoms. The Hall–Kier alpha value is -1.16. The quantitative estimate of drug-likeness (QED) is 0.862. The van der Waals surface area contributed by atoms with Crippen LogP contribution < -0.4 is 5.32 Å². The number of carbonyl (C=O) groups excluding carboxylic acids is 2. The van der Waals surface area contributed by atoms with Crippen molar-refractivity contribution < 1.29 is 9.59 Å². The highest BCUT2D eigenvalue weighted by molar-refractivity contribution is 9.10. The molecule has 1 N–H and O–H groups in total. The maximum Gasteiger partial charge on any atom is 0.258 e. The summed E-state index contributed by atoms with van der Waals surface area (Å²) >= 11 is 3.27. The van der Waals surface area contributed by atoms with Crippen molar-refractivity contribution in [3.8, 4) is 0 Å². The Balaban J connectivity index is 2.82. The summed E-state index contributed by atoms with van der Waals surface area (Å²) < 4.78 is 0.675. The molecule has 0 atom stereocenters. The maximum atomic E-state index is 11.8. The summed E-state index contributed by atoms with van der Waals surface area (Å²) in [7, 11) is 0. The molecule has 3 nitrogen and oxygen atoms in total. The molecular weight excluding hydrogens is 270 g/mol. The SMILES string of the molecule is CC(C)(C)C(=O)NC(=O)c1ccccc1Br. The van der Waals surface area contributed by atoms with E-state index in [2.05, 4.69) is 21.2 Å². The number of rotatable bonds is 1. The summed E-state index contributed by atoms with van der Waals surface area (Å²) in [6, 6.07) is 6.99. The summed E-state index contributed by atoms with van der Waals surface area (Å²) in [6.45, 7) is 5.28. The minimum Gasteiger partial charge on any atom is -0.292 e. The molecule has 4 heteroatoms. The molecule has 16 heavy (non-hydrogen) atoms. The van der Waals surface area contributed by atoms with Crippen LogP contribution in [0.15, 0.2) is 28.7 Å². The van der Waals surface area contributed by atoms with Crippen LogP contribution in [0.5, 0.6) is 0 Å². The third-order valence-electron chi connectivity index (χ3n) is 2.03. The molecule has 0 aliphatic rings. The molecule has 0 heterocycles. The van der Waals surface area contributed by atoms with Gasteiger partial charge in [0.05, 0.1) is 5.56 Å². The van der Waals surface area contributed by atoms with Crippen LogP contribution in [-0.2, 0) is 4.79 Å². The Morgan fingerprint density at radius 2 is 1.75 bits per heavy atom. The Labute approximate surface area is 103 Å². The third kappa shape index (κ3) is 3.17. The van der Waals surface area contributed by atoms with Crippen molar-refractivity contribution >= 4 is 27.7 Å². The standard InChI is InChI=1S/C12H14BrNO2/c1-12(2,3)11(16)14-10(15)8-6-4-5-7-9(8)13/h4-7H,1-3H3,(H,14,15,16). The fourth-order valence-electron chi connectivity index (χ4n) is 1.00. The first-order chi connectivity index (χ1) is 7.32. The zero-order valence-corrected chi connectivity index (χ0v) is 11.1. The molecule has 0 saturated carbocycles. The second-order valence-corrected chi connectivity index (χ2v) is 5.37. The van der Waals surface area contributed by atoms with E-state index in [-0.39, 0.29) is 11.8 Å². The van der Waals surface area contributed by atoms with E-state index in [1.807, 2.05) is 6.07 Å². The van der Waals surface area contributed by atoms with Crippen LogP contribution in [0.3, 0.4) is 0 Å². The molecule has 1 rings (SSSR count). The van der Waals surface area contributed by atoms with Gasteiger partial charge in [0, 0.05) is 9.89 Å². The third-order valence-corrected chi connectivity index (χ3v) is 2.72. The van der Waals surface area contributed by atoms with Crippen LogP contribution in [-0.4, -0.2) is 11.8 Å². The van der Waals surface area contributed by atoms with Gasteiger partial charge in [-0.15, -0.1) is 0 Å². The average molecular weight is 284 g/mol. The number of hydrogen-bond donors (Lipinski definition) is 1. The summed E-state index contributed by atoms with van der Waals surface area (Å²) in [5, 5.41) is 2.37. The molecule has 0 aromatic heterocycles. The highest BCUT2D eigenvalue weighted by Crippen LogP contribution is 2.17. The lowest BCUT2D eigenvalue weighted by atomic mass is 9.95. The van der Waals surface area contributed by atoms with Crippen molar-refractivity contribution in [3.05, 3.63) is 34.3 Å². The van der Waals surface area contributed by atoms with Gasteiger partial charge in [0.25, 0.3) is 5.91 Å². The van der Waals surface area contributed by atoms with E-state index in [1.165, 1.54) is 0 Å². The van der Waals surface area contributed by atoms with Crippen LogP contribution in [0.25, 0.3) is 0 Å². The number of imide groups is 1. The van der Waals surface area contributed by atoms with Gasteiger partial charge in [-0.05, 0) is 28.1 Å². The minimum absolute atomic E-state index is 0.284. The molecule has 1 aromatic rings. The van der Waals surface area contributed by atoms with Crippen molar-refractivity contribution in [1.82, 2.24) is 5.32 Å². The van der Waals surface area contributed by atoms with Crippen LogP contribution in [0, 0.1) is 5.41 Å². The lowest BCUT2D eigenvalue weighted by Crippen LogP contribution is -2.39. The molecule has 86 valence electrons. The Kier molecular flexibility index (Phi) is 3.86. The van der Waals surface area contributed by atoms with Crippen LogP contribution in [0.1, 0.15) is 31.1 Å². The van der Waals surface area contributed by atoms with Gasteiger partial charge in [-0.2, -0.15) is 0 Å². The summed E-state index contributed by atoms with van der Waals surface area (Å²) in [5.74, 6) is -0.666. The zero-order chi connectivity index (χ0) is 12.3. The van der Waals surface area contributed by atoms with Gasteiger partial charge >= 0.3 is 0 Å². The molecule has 0 unspecified atom stereocenters. The van der Waals surface area contributed by atoms with Crippen LogP contribution >= 0.6 is 15.9 Å². The van der Waals surface area contributed by atoms with Gasteiger partial charge in [-0.3, -0.25) is 14.9 Å². The number of halogens is 1. The predicted octanol–water partition coefficient (Wildman–Crippen LogP) is 2.75. The highest BCUT2D eigenvalue weighted by atomic mass is 79.9. The smallest absolute Gasteiger partial charge is 0.258 e. The summed E-state index contributed by atoms with van der Waals surface area (Å²) in [5.41, 5.74) is -0.114. The maximum absolute atomic E-state index is 11.8. The fourth-order valence-corrected chi connectivity index (χ4v) is 1.47. The molecule has 0 bridgehead atoms. The first-order valence-corrected chi connectivity index (χ1v) is 5.72. The lowest BCUT2D eigenvalue weighted by molar-refractivity contribution is -0.127. The molecule has 1 aromatic carbocycles. The van der Waals surface area contributed by atoms with E-state index in [0.29, 0.717) is 10.0 Å². The van der Waals surface area contributed by atoms with E-state index in [4.69, 9.17) is 0 Å². The van der Waals surface area contributed by atoms with Crippen molar-refractivity contribution in [1.29, 1.82) is 0 Å². The van der Waals surface area contributed by atoms with E-state index in [0.717, 1.165) is 0 Å². The van der Waals surface area contributed by atoms with E-state index >= 15 is 0 Å². The van der Waals surface area contributed by atoms with Gasteiger partial charge in [-0.25, -0.2) is 0 Å². The average Bonchev–Trinajstić information content (AvgIpc) is 2.16. The topological polar surface area (TPSA) is 46.2 Å². The van der Waals surface area contributed by atoms with Gasteiger partial charge in [0.2, 0.25) is 5.91 Å². The summed E-state index contributed by atoms with van der Waals surface area (Å²) in [4.78, 5) is 23.4. The van der Waals surface area contributed by atoms with Crippen molar-refractivity contribution in [2.45, 2.75) is 20.8 Å². The van der Waals surface area contributed by atoms with Crippen molar-refractivity contribution in [2.24, 2.45) is 5.41 Å². The minimum atomic E-state index is -0.573. The van der Waals surface area contributed by atoms with Gasteiger partial charge < -0.3 is 0 Å². The monoisotopic (exact) mass is 283 g/mol. The highest BCUT2D eigenvalue weighted by Gasteiger charge is 2.24. The number of amides is 2. The zero-order valence-electron chi connectivity index (χ0n) is 9.50.